The highest BCUT2D eigenvalue weighted by atomic mass is 32.2. The first kappa shape index (κ1) is 17.1. The fraction of sp³-hybridized carbons (Fsp3) is 0.385. The molecule has 21 heavy (non-hydrogen) atoms. The fourth-order valence-electron chi connectivity index (χ4n) is 1.53. The van der Waals surface area contributed by atoms with Crippen molar-refractivity contribution in [2.45, 2.75) is 18.6 Å². The topological polar surface area (TPSA) is 95.5 Å². The molecule has 0 saturated carbocycles. The van der Waals surface area contributed by atoms with Gasteiger partial charge in [-0.1, -0.05) is 6.92 Å². The van der Waals surface area contributed by atoms with Crippen LogP contribution in [0.1, 0.15) is 23.7 Å². The molecule has 8 heteroatoms. The van der Waals surface area contributed by atoms with Crippen LogP contribution >= 0.6 is 0 Å². The number of hydrogen-bond donors (Lipinski definition) is 3. The summed E-state index contributed by atoms with van der Waals surface area (Å²) in [4.78, 5) is 22.6. The SMILES string of the molecule is CC(CCNC(=O)Nc1cc(F)ccc1C(=O)O)S(C)=O. The van der Waals surface area contributed by atoms with Gasteiger partial charge in [0.05, 0.1) is 11.3 Å². The Balaban J connectivity index is 2.61. The molecule has 0 fully saturated rings. The van der Waals surface area contributed by atoms with Crippen molar-refractivity contribution in [2.75, 3.05) is 18.1 Å². The molecule has 0 aromatic heterocycles. The minimum absolute atomic E-state index is 0.0611. The molecule has 0 aliphatic rings. The van der Waals surface area contributed by atoms with Gasteiger partial charge in [-0.05, 0) is 24.6 Å². The summed E-state index contributed by atoms with van der Waals surface area (Å²) in [7, 11) is -0.975. The number of hydrogen-bond acceptors (Lipinski definition) is 3. The van der Waals surface area contributed by atoms with Crippen molar-refractivity contribution in [1.82, 2.24) is 5.32 Å². The van der Waals surface area contributed by atoms with E-state index < -0.39 is 28.6 Å². The van der Waals surface area contributed by atoms with Gasteiger partial charge in [0.25, 0.3) is 0 Å². The second-order valence-electron chi connectivity index (χ2n) is 4.47. The van der Waals surface area contributed by atoms with Crippen LogP contribution in [0.2, 0.25) is 0 Å². The first-order chi connectivity index (χ1) is 9.81. The molecule has 0 heterocycles. The number of halogens is 1. The smallest absolute Gasteiger partial charge is 0.337 e. The summed E-state index contributed by atoms with van der Waals surface area (Å²) >= 11 is 0. The molecule has 0 bridgehead atoms. The molecule has 3 N–H and O–H groups in total. The van der Waals surface area contributed by atoms with Gasteiger partial charge in [0.15, 0.2) is 0 Å². The average Bonchev–Trinajstić information content (AvgIpc) is 2.37. The zero-order valence-electron chi connectivity index (χ0n) is 11.7. The van der Waals surface area contributed by atoms with E-state index in [0.29, 0.717) is 6.42 Å². The van der Waals surface area contributed by atoms with Crippen molar-refractivity contribution in [3.8, 4) is 0 Å². The summed E-state index contributed by atoms with van der Waals surface area (Å²) in [5.74, 6) is -1.91. The quantitative estimate of drug-likeness (QED) is 0.746. The van der Waals surface area contributed by atoms with Crippen LogP contribution in [0, 0.1) is 5.82 Å². The van der Waals surface area contributed by atoms with E-state index in [0.717, 1.165) is 18.2 Å². The van der Waals surface area contributed by atoms with Gasteiger partial charge < -0.3 is 15.7 Å². The highest BCUT2D eigenvalue weighted by Crippen LogP contribution is 2.17. The second-order valence-corrected chi connectivity index (χ2v) is 6.28. The van der Waals surface area contributed by atoms with Crippen LogP contribution in [0.25, 0.3) is 0 Å². The monoisotopic (exact) mass is 316 g/mol. The predicted octanol–water partition coefficient (Wildman–Crippen LogP) is 1.80. The van der Waals surface area contributed by atoms with E-state index in [-0.39, 0.29) is 23.0 Å². The number of carboxylic acid groups (broad SMARTS) is 1. The first-order valence-electron chi connectivity index (χ1n) is 6.21. The molecule has 1 rings (SSSR count). The predicted molar refractivity (Wildman–Crippen MR) is 78.5 cm³/mol. The molecular formula is C13H17FN2O4S. The molecule has 2 amide bonds. The number of amides is 2. The number of urea groups is 1. The normalized spacial score (nSPS) is 13.3. The van der Waals surface area contributed by atoms with Crippen LogP contribution in [0.3, 0.4) is 0 Å². The number of carbonyl (C=O) groups is 2. The fourth-order valence-corrected chi connectivity index (χ4v) is 1.98. The summed E-state index contributed by atoms with van der Waals surface area (Å²) in [6, 6.07) is 2.38. The first-order valence-corrected chi connectivity index (χ1v) is 7.83. The summed E-state index contributed by atoms with van der Waals surface area (Å²) in [6.45, 7) is 2.08. The third-order valence-corrected chi connectivity index (χ3v) is 4.23. The second kappa shape index (κ2) is 7.72. The van der Waals surface area contributed by atoms with Crippen molar-refractivity contribution < 1.29 is 23.3 Å². The van der Waals surface area contributed by atoms with E-state index in [1.807, 2.05) is 0 Å². The molecular weight excluding hydrogens is 299 g/mol. The summed E-state index contributed by atoms with van der Waals surface area (Å²) in [5, 5.41) is 13.7. The van der Waals surface area contributed by atoms with E-state index in [9.17, 15) is 18.2 Å². The summed E-state index contributed by atoms with van der Waals surface area (Å²) in [5.41, 5.74) is -0.318. The Kier molecular flexibility index (Phi) is 6.29. The lowest BCUT2D eigenvalue weighted by Gasteiger charge is -2.11. The van der Waals surface area contributed by atoms with Crippen molar-refractivity contribution in [1.29, 1.82) is 0 Å². The third kappa shape index (κ3) is 5.50. The van der Waals surface area contributed by atoms with Crippen molar-refractivity contribution >= 4 is 28.5 Å². The molecule has 0 aliphatic heterocycles. The molecule has 0 spiro atoms. The Morgan fingerprint density at radius 3 is 2.67 bits per heavy atom. The van der Waals surface area contributed by atoms with E-state index in [4.69, 9.17) is 5.11 Å². The Hall–Kier alpha value is -1.96. The zero-order valence-corrected chi connectivity index (χ0v) is 12.5. The van der Waals surface area contributed by atoms with Gasteiger partial charge in [-0.15, -0.1) is 0 Å². The van der Waals surface area contributed by atoms with E-state index in [1.165, 1.54) is 0 Å². The lowest BCUT2D eigenvalue weighted by Crippen LogP contribution is -2.32. The maximum atomic E-state index is 13.1. The maximum absolute atomic E-state index is 13.1. The molecule has 6 nitrogen and oxygen atoms in total. The number of benzene rings is 1. The lowest BCUT2D eigenvalue weighted by molar-refractivity contribution is 0.0698. The molecule has 0 aliphatic carbocycles. The van der Waals surface area contributed by atoms with Gasteiger partial charge in [-0.25, -0.2) is 14.0 Å². The van der Waals surface area contributed by atoms with Crippen LogP contribution in [0.4, 0.5) is 14.9 Å². The van der Waals surface area contributed by atoms with Gasteiger partial charge in [0, 0.05) is 28.9 Å². The van der Waals surface area contributed by atoms with Crippen molar-refractivity contribution in [2.24, 2.45) is 0 Å². The Labute approximate surface area is 124 Å². The van der Waals surface area contributed by atoms with Crippen molar-refractivity contribution in [3.63, 3.8) is 0 Å². The summed E-state index contributed by atoms with van der Waals surface area (Å²) in [6.07, 6.45) is 2.10. The number of carboxylic acids is 1. The van der Waals surface area contributed by atoms with Crippen LogP contribution in [-0.2, 0) is 10.8 Å². The molecule has 0 radical (unpaired) electrons. The molecule has 1 aromatic carbocycles. The average molecular weight is 316 g/mol. The van der Waals surface area contributed by atoms with Gasteiger partial charge >= 0.3 is 12.0 Å². The van der Waals surface area contributed by atoms with Crippen LogP contribution in [0.15, 0.2) is 18.2 Å². The van der Waals surface area contributed by atoms with E-state index in [1.54, 1.807) is 13.2 Å². The lowest BCUT2D eigenvalue weighted by atomic mass is 10.2. The van der Waals surface area contributed by atoms with Gasteiger partial charge in [-0.3, -0.25) is 4.21 Å². The molecule has 0 saturated heterocycles. The minimum Gasteiger partial charge on any atom is -0.478 e. The minimum atomic E-state index is -1.26. The molecule has 2 unspecified atom stereocenters. The number of nitrogens with one attached hydrogen (secondary N) is 2. The Bertz CT molecular complexity index is 565. The van der Waals surface area contributed by atoms with Crippen LogP contribution in [-0.4, -0.2) is 39.4 Å². The highest BCUT2D eigenvalue weighted by molar-refractivity contribution is 7.84. The van der Waals surface area contributed by atoms with E-state index in [2.05, 4.69) is 10.6 Å². The van der Waals surface area contributed by atoms with Gasteiger partial charge in [0.1, 0.15) is 5.82 Å². The zero-order chi connectivity index (χ0) is 16.0. The highest BCUT2D eigenvalue weighted by Gasteiger charge is 2.13. The number of carbonyl (C=O) groups excluding carboxylic acids is 1. The maximum Gasteiger partial charge on any atom is 0.337 e. The van der Waals surface area contributed by atoms with E-state index >= 15 is 0 Å². The van der Waals surface area contributed by atoms with Crippen LogP contribution in [0.5, 0.6) is 0 Å². The third-order valence-electron chi connectivity index (χ3n) is 2.86. The van der Waals surface area contributed by atoms with Crippen molar-refractivity contribution in [3.05, 3.63) is 29.6 Å². The number of rotatable bonds is 6. The van der Waals surface area contributed by atoms with Crippen LogP contribution < -0.4 is 10.6 Å². The Morgan fingerprint density at radius 1 is 1.43 bits per heavy atom. The number of anilines is 1. The number of aromatic carboxylic acids is 1. The summed E-state index contributed by atoms with van der Waals surface area (Å²) < 4.78 is 24.3. The Morgan fingerprint density at radius 2 is 2.10 bits per heavy atom. The largest absolute Gasteiger partial charge is 0.478 e. The molecule has 2 atom stereocenters. The molecule has 116 valence electrons. The molecule has 1 aromatic rings. The van der Waals surface area contributed by atoms with Gasteiger partial charge in [0.2, 0.25) is 0 Å². The van der Waals surface area contributed by atoms with Gasteiger partial charge in [-0.2, -0.15) is 0 Å². The standard InChI is InChI=1S/C13H17FN2O4S/c1-8(21(2)20)5-6-15-13(19)16-11-7-9(14)3-4-10(11)12(17)18/h3-4,7-8H,5-6H2,1-2H3,(H,17,18)(H2,15,16,19).